The highest BCUT2D eigenvalue weighted by Gasteiger charge is 2.12. The molecule has 1 aromatic heterocycles. The zero-order valence-electron chi connectivity index (χ0n) is 14.1. The number of aromatic nitrogens is 4. The predicted octanol–water partition coefficient (Wildman–Crippen LogP) is 3.19. The number of ether oxygens (including phenoxy) is 1. The number of benzene rings is 2. The van der Waals surface area contributed by atoms with Gasteiger partial charge in [0.05, 0.1) is 11.0 Å². The Balaban J connectivity index is 1.88. The Hall–Kier alpha value is -4.26. The number of hydrogen-bond donors (Lipinski definition) is 2. The van der Waals surface area contributed by atoms with Crippen molar-refractivity contribution < 1.29 is 9.66 Å². The summed E-state index contributed by atoms with van der Waals surface area (Å²) in [7, 11) is 0. The van der Waals surface area contributed by atoms with E-state index < -0.39 is 4.92 Å². The monoisotopic (exact) mass is 363 g/mol. The Morgan fingerprint density at radius 1 is 1.30 bits per heavy atom. The van der Waals surface area contributed by atoms with Crippen LogP contribution in [0, 0.1) is 28.4 Å². The molecular formula is C17H13N7O3. The van der Waals surface area contributed by atoms with Crippen molar-refractivity contribution in [2.75, 3.05) is 5.32 Å². The summed E-state index contributed by atoms with van der Waals surface area (Å²) in [5.74, 6) is 0.931. The number of allylic oxidation sites excluding steroid dienone is 1. The minimum atomic E-state index is -0.527. The van der Waals surface area contributed by atoms with E-state index in [1.54, 1.807) is 18.2 Å². The maximum atomic E-state index is 11.2. The molecule has 0 atom stereocenters. The number of nitriles is 1. The van der Waals surface area contributed by atoms with Crippen LogP contribution in [0.4, 0.5) is 11.4 Å². The van der Waals surface area contributed by atoms with Gasteiger partial charge in [0.15, 0.2) is 0 Å². The minimum absolute atomic E-state index is 0.103. The molecule has 0 bridgehead atoms. The standard InChI is InChI=1S/C17H13N7O3/c1-11-2-4-15(5-3-11)27-16-7-13(6-14(8-16)24(25)26)19-10-12(9-18)17-20-22-23-21-17/h2-8,10,19H,1H3,(H,20,21,22,23). The fourth-order valence-corrected chi connectivity index (χ4v) is 2.15. The number of tetrazole rings is 1. The molecule has 10 heteroatoms. The number of aromatic amines is 1. The van der Waals surface area contributed by atoms with E-state index >= 15 is 0 Å². The molecule has 0 amide bonds. The molecule has 0 aliphatic carbocycles. The third-order valence-electron chi connectivity index (χ3n) is 3.45. The number of nitrogens with zero attached hydrogens (tertiary/aromatic N) is 5. The van der Waals surface area contributed by atoms with Crippen molar-refractivity contribution in [2.24, 2.45) is 0 Å². The van der Waals surface area contributed by atoms with Crippen LogP contribution in [0.5, 0.6) is 11.5 Å². The maximum Gasteiger partial charge on any atom is 0.275 e. The molecule has 0 unspecified atom stereocenters. The van der Waals surface area contributed by atoms with E-state index in [2.05, 4.69) is 25.9 Å². The summed E-state index contributed by atoms with van der Waals surface area (Å²) in [6.07, 6.45) is 1.33. The van der Waals surface area contributed by atoms with Crippen molar-refractivity contribution in [1.29, 1.82) is 5.26 Å². The Bertz CT molecular complexity index is 1020. The number of anilines is 1. The highest BCUT2D eigenvalue weighted by Crippen LogP contribution is 2.30. The lowest BCUT2D eigenvalue weighted by atomic mass is 10.2. The minimum Gasteiger partial charge on any atom is -0.457 e. The van der Waals surface area contributed by atoms with E-state index in [0.29, 0.717) is 11.4 Å². The number of H-pyrrole nitrogens is 1. The highest BCUT2D eigenvalue weighted by molar-refractivity contribution is 5.74. The van der Waals surface area contributed by atoms with E-state index in [0.717, 1.165) is 5.56 Å². The van der Waals surface area contributed by atoms with Crippen LogP contribution in [0.15, 0.2) is 48.7 Å². The highest BCUT2D eigenvalue weighted by atomic mass is 16.6. The molecule has 10 nitrogen and oxygen atoms in total. The average molecular weight is 363 g/mol. The summed E-state index contributed by atoms with van der Waals surface area (Å²) in [6.45, 7) is 1.95. The van der Waals surface area contributed by atoms with Gasteiger partial charge in [-0.2, -0.15) is 10.5 Å². The molecule has 3 aromatic rings. The topological polar surface area (TPSA) is 143 Å². The molecule has 0 aliphatic rings. The smallest absolute Gasteiger partial charge is 0.275 e. The van der Waals surface area contributed by atoms with E-state index in [1.807, 2.05) is 25.1 Å². The molecule has 0 aliphatic heterocycles. The molecule has 1 heterocycles. The first-order valence-corrected chi connectivity index (χ1v) is 7.70. The molecule has 0 spiro atoms. The van der Waals surface area contributed by atoms with Crippen molar-refractivity contribution in [2.45, 2.75) is 6.92 Å². The predicted molar refractivity (Wildman–Crippen MR) is 95.7 cm³/mol. The van der Waals surface area contributed by atoms with Crippen LogP contribution in [0.2, 0.25) is 0 Å². The van der Waals surface area contributed by atoms with Crippen LogP contribution in [0.3, 0.4) is 0 Å². The SMILES string of the molecule is Cc1ccc(Oc2cc(NC=C(C#N)c3nn[nH]n3)cc([N+](=O)[O-])c2)cc1. The number of non-ortho nitro benzene ring substituents is 1. The molecule has 134 valence electrons. The first kappa shape index (κ1) is 17.6. The van der Waals surface area contributed by atoms with Crippen molar-refractivity contribution in [3.63, 3.8) is 0 Å². The number of nitrogens with one attached hydrogen (secondary N) is 2. The zero-order chi connectivity index (χ0) is 19.2. The lowest BCUT2D eigenvalue weighted by Crippen LogP contribution is -1.96. The number of nitro groups is 1. The number of aryl methyl sites for hydroxylation is 1. The van der Waals surface area contributed by atoms with Crippen molar-refractivity contribution >= 4 is 16.9 Å². The van der Waals surface area contributed by atoms with Gasteiger partial charge in [-0.1, -0.05) is 17.7 Å². The Morgan fingerprint density at radius 3 is 2.70 bits per heavy atom. The molecule has 2 N–H and O–H groups in total. The van der Waals surface area contributed by atoms with Crippen LogP contribution < -0.4 is 10.1 Å². The summed E-state index contributed by atoms with van der Waals surface area (Å²) >= 11 is 0. The third-order valence-corrected chi connectivity index (χ3v) is 3.45. The van der Waals surface area contributed by atoms with Crippen LogP contribution in [-0.4, -0.2) is 25.5 Å². The van der Waals surface area contributed by atoms with E-state index in [4.69, 9.17) is 4.74 Å². The second kappa shape index (κ2) is 7.75. The van der Waals surface area contributed by atoms with Gasteiger partial charge in [0, 0.05) is 24.0 Å². The summed E-state index contributed by atoms with van der Waals surface area (Å²) in [4.78, 5) is 10.7. The molecule has 3 rings (SSSR count). The lowest BCUT2D eigenvalue weighted by Gasteiger charge is -2.08. The van der Waals surface area contributed by atoms with Gasteiger partial charge in [-0.05, 0) is 24.3 Å². The Kier molecular flexibility index (Phi) is 5.04. The molecule has 0 radical (unpaired) electrons. The van der Waals surface area contributed by atoms with Gasteiger partial charge in [0.2, 0.25) is 5.82 Å². The van der Waals surface area contributed by atoms with Crippen molar-refractivity contribution in [3.8, 4) is 17.6 Å². The lowest BCUT2D eigenvalue weighted by molar-refractivity contribution is -0.384. The van der Waals surface area contributed by atoms with Crippen LogP contribution in [0.1, 0.15) is 11.4 Å². The largest absolute Gasteiger partial charge is 0.457 e. The first-order valence-electron chi connectivity index (χ1n) is 7.70. The van der Waals surface area contributed by atoms with Crippen LogP contribution in [-0.2, 0) is 0 Å². The van der Waals surface area contributed by atoms with E-state index in [-0.39, 0.29) is 22.8 Å². The zero-order valence-corrected chi connectivity index (χ0v) is 14.1. The Labute approximate surface area is 153 Å². The molecule has 0 saturated heterocycles. The third kappa shape index (κ3) is 4.43. The van der Waals surface area contributed by atoms with Gasteiger partial charge in [0.1, 0.15) is 23.1 Å². The summed E-state index contributed by atoms with van der Waals surface area (Å²) in [6, 6.07) is 13.4. The van der Waals surface area contributed by atoms with Crippen LogP contribution in [0.25, 0.3) is 5.57 Å². The molecule has 27 heavy (non-hydrogen) atoms. The summed E-state index contributed by atoms with van der Waals surface area (Å²) in [5, 5.41) is 36.3. The van der Waals surface area contributed by atoms with Crippen molar-refractivity contribution in [3.05, 3.63) is 70.2 Å². The number of hydrogen-bond acceptors (Lipinski definition) is 8. The molecular weight excluding hydrogens is 350 g/mol. The number of nitro benzene ring substituents is 1. The van der Waals surface area contributed by atoms with Gasteiger partial charge in [-0.3, -0.25) is 10.1 Å². The van der Waals surface area contributed by atoms with E-state index in [1.165, 1.54) is 18.3 Å². The molecule has 0 fully saturated rings. The average Bonchev–Trinajstić information content (AvgIpc) is 3.18. The van der Waals surface area contributed by atoms with Gasteiger partial charge in [0.25, 0.3) is 5.69 Å². The number of rotatable bonds is 6. The van der Waals surface area contributed by atoms with Crippen LogP contribution >= 0.6 is 0 Å². The summed E-state index contributed by atoms with van der Waals surface area (Å²) < 4.78 is 5.70. The van der Waals surface area contributed by atoms with Gasteiger partial charge in [-0.25, -0.2) is 0 Å². The van der Waals surface area contributed by atoms with Gasteiger partial charge in [-0.15, -0.1) is 10.2 Å². The molecule has 2 aromatic carbocycles. The first-order chi connectivity index (χ1) is 13.0. The second-order valence-corrected chi connectivity index (χ2v) is 5.44. The molecule has 0 saturated carbocycles. The summed E-state index contributed by atoms with van der Waals surface area (Å²) in [5.41, 5.74) is 1.38. The fraction of sp³-hybridized carbons (Fsp3) is 0.0588. The Morgan fingerprint density at radius 2 is 2.07 bits per heavy atom. The quantitative estimate of drug-likeness (QED) is 0.386. The van der Waals surface area contributed by atoms with Gasteiger partial charge < -0.3 is 10.1 Å². The maximum absolute atomic E-state index is 11.2. The normalized spacial score (nSPS) is 10.9. The fourth-order valence-electron chi connectivity index (χ4n) is 2.15. The van der Waals surface area contributed by atoms with Crippen molar-refractivity contribution in [1.82, 2.24) is 20.6 Å². The van der Waals surface area contributed by atoms with Gasteiger partial charge >= 0.3 is 0 Å². The van der Waals surface area contributed by atoms with E-state index in [9.17, 15) is 15.4 Å². The second-order valence-electron chi connectivity index (χ2n) is 5.44.